The smallest absolute Gasteiger partial charge is 0.0465 e. The predicted molar refractivity (Wildman–Crippen MR) is 102 cm³/mol. The van der Waals surface area contributed by atoms with E-state index in [0.717, 1.165) is 37.6 Å². The summed E-state index contributed by atoms with van der Waals surface area (Å²) < 4.78 is 5.18. The fourth-order valence-electron chi connectivity index (χ4n) is 3.57. The highest BCUT2D eigenvalue weighted by Crippen LogP contribution is 2.34. The number of aryl methyl sites for hydroxylation is 1. The van der Waals surface area contributed by atoms with Crippen molar-refractivity contribution < 1.29 is 4.74 Å². The molecule has 3 rings (SSSR count). The third-order valence-corrected chi connectivity index (χ3v) is 5.19. The zero-order valence-corrected chi connectivity index (χ0v) is 15.1. The summed E-state index contributed by atoms with van der Waals surface area (Å²) in [5.41, 5.74) is 5.13. The lowest BCUT2D eigenvalue weighted by Crippen LogP contribution is -2.28. The van der Waals surface area contributed by atoms with Gasteiger partial charge in [0.05, 0.1) is 0 Å². The van der Waals surface area contributed by atoms with Crippen molar-refractivity contribution >= 4 is 11.6 Å². The fraction of sp³-hybridized carbons (Fsp3) is 0.429. The molecule has 128 valence electrons. The van der Waals surface area contributed by atoms with E-state index in [1.807, 2.05) is 0 Å². The van der Waals surface area contributed by atoms with Crippen molar-refractivity contribution in [2.45, 2.75) is 31.6 Å². The summed E-state index contributed by atoms with van der Waals surface area (Å²) in [6.07, 6.45) is 4.51. The minimum atomic E-state index is 0.539. The number of hydrogen-bond acceptors (Lipinski definition) is 2. The molecule has 0 radical (unpaired) electrons. The van der Waals surface area contributed by atoms with Crippen LogP contribution in [0.5, 0.6) is 0 Å². The summed E-state index contributed by atoms with van der Waals surface area (Å²) in [4.78, 5) is 0. The van der Waals surface area contributed by atoms with Crippen molar-refractivity contribution in [3.63, 3.8) is 0 Å². The normalized spacial score (nSPS) is 17.8. The topological polar surface area (TPSA) is 21.3 Å². The summed E-state index contributed by atoms with van der Waals surface area (Å²) in [6, 6.07) is 15.2. The second kappa shape index (κ2) is 8.66. The van der Waals surface area contributed by atoms with Crippen LogP contribution in [0, 0.1) is 0 Å². The van der Waals surface area contributed by atoms with Crippen LogP contribution in [-0.2, 0) is 11.2 Å². The molecule has 0 aromatic heterocycles. The molecule has 0 aliphatic carbocycles. The molecule has 2 aromatic carbocycles. The highest BCUT2D eigenvalue weighted by atomic mass is 35.5. The first kappa shape index (κ1) is 17.5. The van der Waals surface area contributed by atoms with Crippen molar-refractivity contribution in [1.82, 2.24) is 5.32 Å². The summed E-state index contributed by atoms with van der Waals surface area (Å²) in [7, 11) is 1.75. The maximum atomic E-state index is 6.64. The number of halogens is 1. The molecule has 0 amide bonds. The Morgan fingerprint density at radius 3 is 2.83 bits per heavy atom. The number of methoxy groups -OCH3 is 1. The van der Waals surface area contributed by atoms with Gasteiger partial charge in [-0.3, -0.25) is 0 Å². The molecule has 0 saturated carbocycles. The van der Waals surface area contributed by atoms with Crippen LogP contribution in [0.25, 0.3) is 11.1 Å². The number of ether oxygens (including phenoxy) is 1. The van der Waals surface area contributed by atoms with Gasteiger partial charge >= 0.3 is 0 Å². The SMILES string of the molecule is COCCCc1ccccc1-c1ccc([C@@H]2CCCNC2)c(Cl)c1. The molecule has 24 heavy (non-hydrogen) atoms. The van der Waals surface area contributed by atoms with Crippen molar-refractivity contribution in [2.24, 2.45) is 0 Å². The minimum absolute atomic E-state index is 0.539. The highest BCUT2D eigenvalue weighted by Gasteiger charge is 2.18. The third-order valence-electron chi connectivity index (χ3n) is 4.86. The molecule has 1 heterocycles. The Balaban J connectivity index is 1.83. The Morgan fingerprint density at radius 1 is 1.21 bits per heavy atom. The Morgan fingerprint density at radius 2 is 2.08 bits per heavy atom. The molecule has 2 aromatic rings. The first-order chi connectivity index (χ1) is 11.8. The molecule has 2 nitrogen and oxygen atoms in total. The van der Waals surface area contributed by atoms with Gasteiger partial charge in [0.1, 0.15) is 0 Å². The molecular weight excluding hydrogens is 318 g/mol. The molecular formula is C21H26ClNO. The lowest BCUT2D eigenvalue weighted by molar-refractivity contribution is 0.195. The highest BCUT2D eigenvalue weighted by molar-refractivity contribution is 6.31. The molecule has 1 N–H and O–H groups in total. The number of nitrogens with one attached hydrogen (secondary N) is 1. The largest absolute Gasteiger partial charge is 0.385 e. The van der Waals surface area contributed by atoms with Gasteiger partial charge in [0, 0.05) is 25.3 Å². The Bertz CT molecular complexity index is 665. The zero-order chi connectivity index (χ0) is 16.8. The van der Waals surface area contributed by atoms with Gasteiger partial charge in [0.2, 0.25) is 0 Å². The molecule has 0 bridgehead atoms. The van der Waals surface area contributed by atoms with E-state index in [9.17, 15) is 0 Å². The minimum Gasteiger partial charge on any atom is -0.385 e. The lowest BCUT2D eigenvalue weighted by Gasteiger charge is -2.24. The monoisotopic (exact) mass is 343 g/mol. The number of rotatable bonds is 6. The van der Waals surface area contributed by atoms with E-state index in [2.05, 4.69) is 47.8 Å². The molecule has 1 aliphatic rings. The Labute approximate surface area is 150 Å². The zero-order valence-electron chi connectivity index (χ0n) is 14.4. The fourth-order valence-corrected chi connectivity index (χ4v) is 3.90. The Kier molecular flexibility index (Phi) is 6.30. The van der Waals surface area contributed by atoms with E-state index in [-0.39, 0.29) is 0 Å². The summed E-state index contributed by atoms with van der Waals surface area (Å²) in [5.74, 6) is 0.539. The summed E-state index contributed by atoms with van der Waals surface area (Å²) in [6.45, 7) is 2.95. The standard InChI is InChI=1S/C21H26ClNO/c1-24-13-5-8-16-6-2-3-9-19(16)17-10-11-20(21(22)14-17)18-7-4-12-23-15-18/h2-3,6,9-11,14,18,23H,4-5,7-8,12-13,15H2,1H3/t18-/m1/s1. The third kappa shape index (κ3) is 4.18. The van der Waals surface area contributed by atoms with Gasteiger partial charge in [0.25, 0.3) is 0 Å². The first-order valence-electron chi connectivity index (χ1n) is 8.87. The first-order valence-corrected chi connectivity index (χ1v) is 9.25. The maximum absolute atomic E-state index is 6.64. The summed E-state index contributed by atoms with van der Waals surface area (Å²) in [5, 5.41) is 4.37. The molecule has 3 heteroatoms. The second-order valence-electron chi connectivity index (χ2n) is 6.53. The van der Waals surface area contributed by atoms with E-state index in [4.69, 9.17) is 16.3 Å². The number of benzene rings is 2. The molecule has 0 unspecified atom stereocenters. The van der Waals surface area contributed by atoms with E-state index in [1.165, 1.54) is 35.1 Å². The van der Waals surface area contributed by atoms with Gasteiger partial charge in [-0.2, -0.15) is 0 Å². The van der Waals surface area contributed by atoms with Crippen LogP contribution in [-0.4, -0.2) is 26.8 Å². The van der Waals surface area contributed by atoms with Crippen LogP contribution in [0.15, 0.2) is 42.5 Å². The van der Waals surface area contributed by atoms with Crippen LogP contribution in [0.1, 0.15) is 36.3 Å². The molecule has 1 saturated heterocycles. The number of hydrogen-bond donors (Lipinski definition) is 1. The van der Waals surface area contributed by atoms with Gasteiger partial charge in [-0.15, -0.1) is 0 Å². The Hall–Kier alpha value is -1.35. The summed E-state index contributed by atoms with van der Waals surface area (Å²) >= 11 is 6.64. The molecule has 1 fully saturated rings. The van der Waals surface area contributed by atoms with E-state index in [1.54, 1.807) is 7.11 Å². The van der Waals surface area contributed by atoms with Crippen LogP contribution in [0.3, 0.4) is 0 Å². The van der Waals surface area contributed by atoms with Gasteiger partial charge in [-0.05, 0) is 66.5 Å². The molecule has 1 atom stereocenters. The van der Waals surface area contributed by atoms with E-state index >= 15 is 0 Å². The average molecular weight is 344 g/mol. The van der Waals surface area contributed by atoms with E-state index in [0.29, 0.717) is 5.92 Å². The van der Waals surface area contributed by atoms with Crippen LogP contribution >= 0.6 is 11.6 Å². The maximum Gasteiger partial charge on any atom is 0.0465 e. The van der Waals surface area contributed by atoms with Gasteiger partial charge in [-0.1, -0.05) is 48.0 Å². The lowest BCUT2D eigenvalue weighted by atomic mass is 9.89. The quantitative estimate of drug-likeness (QED) is 0.741. The van der Waals surface area contributed by atoms with Crippen molar-refractivity contribution in [1.29, 1.82) is 0 Å². The van der Waals surface area contributed by atoms with Gasteiger partial charge < -0.3 is 10.1 Å². The van der Waals surface area contributed by atoms with Crippen molar-refractivity contribution in [2.75, 3.05) is 26.8 Å². The number of piperidine rings is 1. The van der Waals surface area contributed by atoms with Gasteiger partial charge in [-0.25, -0.2) is 0 Å². The molecule has 0 spiro atoms. The van der Waals surface area contributed by atoms with Crippen molar-refractivity contribution in [3.8, 4) is 11.1 Å². The van der Waals surface area contributed by atoms with E-state index < -0.39 is 0 Å². The van der Waals surface area contributed by atoms with Crippen LogP contribution in [0.2, 0.25) is 5.02 Å². The molecule has 1 aliphatic heterocycles. The van der Waals surface area contributed by atoms with Crippen LogP contribution in [0.4, 0.5) is 0 Å². The van der Waals surface area contributed by atoms with Gasteiger partial charge in [0.15, 0.2) is 0 Å². The predicted octanol–water partition coefficient (Wildman–Crippen LogP) is 5.05. The van der Waals surface area contributed by atoms with Crippen molar-refractivity contribution in [3.05, 3.63) is 58.6 Å². The average Bonchev–Trinajstić information content (AvgIpc) is 2.63. The van der Waals surface area contributed by atoms with Crippen LogP contribution < -0.4 is 5.32 Å². The second-order valence-corrected chi connectivity index (χ2v) is 6.94.